The van der Waals surface area contributed by atoms with Crippen LogP contribution in [0, 0.1) is 0 Å². The van der Waals surface area contributed by atoms with E-state index in [1.165, 1.54) is 0 Å². The largest absolute Gasteiger partial charge is 0.673 e. The third kappa shape index (κ3) is 1310. The molecule has 0 spiro atoms. The van der Waals surface area contributed by atoms with Crippen molar-refractivity contribution >= 4 is 21.8 Å². The molecule has 0 amide bonds. The fourth-order valence-corrected chi connectivity index (χ4v) is 0.201. The van der Waals surface area contributed by atoms with Crippen molar-refractivity contribution in [3.8, 4) is 0 Å². The highest BCUT2D eigenvalue weighted by molar-refractivity contribution is 6.50. The van der Waals surface area contributed by atoms with Crippen LogP contribution in [0.25, 0.3) is 0 Å². The molecule has 0 fully saturated rings. The fourth-order valence-electron chi connectivity index (χ4n) is 0.201. The summed E-state index contributed by atoms with van der Waals surface area (Å²) in [7, 11) is -18.0. The lowest BCUT2D eigenvalue weighted by Crippen LogP contribution is -2.02. The molecule has 0 N–H and O–H groups in total. The maximum absolute atomic E-state index is 9.75. The van der Waals surface area contributed by atoms with Gasteiger partial charge in [-0.15, -0.1) is 6.58 Å². The summed E-state index contributed by atoms with van der Waals surface area (Å²) in [6.07, 6.45) is 1.74. The highest BCUT2D eigenvalue weighted by Gasteiger charge is 2.21. The minimum Gasteiger partial charge on any atom is -0.418 e. The van der Waals surface area contributed by atoms with Crippen LogP contribution >= 0.6 is 0 Å². The summed E-state index contributed by atoms with van der Waals surface area (Å²) in [6.45, 7) is 6.90. The van der Waals surface area contributed by atoms with Crippen LogP contribution in [-0.4, -0.2) is 35.0 Å². The van der Waals surface area contributed by atoms with E-state index in [-0.39, 0.29) is 0 Å². The summed E-state index contributed by atoms with van der Waals surface area (Å²) in [4.78, 5) is 0. The Kier molecular flexibility index (Phi) is 18.8. The molecular formula is C5H10B3F12O-3. The van der Waals surface area contributed by atoms with Crippen molar-refractivity contribution in [2.24, 2.45) is 0 Å². The second kappa shape index (κ2) is 14.0. The zero-order valence-electron chi connectivity index (χ0n) is 10.4. The van der Waals surface area contributed by atoms with E-state index >= 15 is 0 Å². The standard InChI is InChI=1S/C5H10O.3BF4/c1-3-5-6-4-2;3*2-1(3,4)5/h3H,1,4-5H2,2H3;;;/q;3*-1. The number of hydrogen-bond acceptors (Lipinski definition) is 1. The molecule has 0 radical (unpaired) electrons. The molecule has 0 aromatic carbocycles. The van der Waals surface area contributed by atoms with Gasteiger partial charge in [-0.3, -0.25) is 0 Å². The van der Waals surface area contributed by atoms with E-state index in [1.807, 2.05) is 6.92 Å². The minimum absolute atomic E-state index is 0.677. The van der Waals surface area contributed by atoms with Crippen molar-refractivity contribution in [2.45, 2.75) is 6.92 Å². The first-order valence-corrected chi connectivity index (χ1v) is 4.72. The highest BCUT2D eigenvalue weighted by Crippen LogP contribution is 2.07. The normalized spacial score (nSPS) is 10.9. The molecule has 21 heavy (non-hydrogen) atoms. The Morgan fingerprint density at radius 1 is 0.714 bits per heavy atom. The van der Waals surface area contributed by atoms with Crippen LogP contribution in [0.4, 0.5) is 51.8 Å². The topological polar surface area (TPSA) is 9.23 Å². The highest BCUT2D eigenvalue weighted by atomic mass is 19.5. The molecule has 16 heteroatoms. The van der Waals surface area contributed by atoms with Gasteiger partial charge in [0.05, 0.1) is 6.61 Å². The average Bonchev–Trinajstić information content (AvgIpc) is 2.06. The summed E-state index contributed by atoms with van der Waals surface area (Å²) >= 11 is 0. The van der Waals surface area contributed by atoms with Crippen molar-refractivity contribution in [2.75, 3.05) is 13.2 Å². The van der Waals surface area contributed by atoms with E-state index in [0.29, 0.717) is 6.61 Å². The van der Waals surface area contributed by atoms with Gasteiger partial charge >= 0.3 is 21.8 Å². The molecular weight excluding hydrogens is 336 g/mol. The quantitative estimate of drug-likeness (QED) is 0.299. The van der Waals surface area contributed by atoms with Crippen LogP contribution in [0.15, 0.2) is 12.7 Å². The van der Waals surface area contributed by atoms with E-state index in [2.05, 4.69) is 6.58 Å². The second-order valence-corrected chi connectivity index (χ2v) is 2.43. The zero-order chi connectivity index (χ0) is 18.3. The molecule has 0 bridgehead atoms. The molecule has 0 saturated carbocycles. The summed E-state index contributed by atoms with van der Waals surface area (Å²) in [5, 5.41) is 0. The van der Waals surface area contributed by atoms with E-state index < -0.39 is 21.8 Å². The first kappa shape index (κ1) is 28.2. The molecule has 0 rings (SSSR count). The van der Waals surface area contributed by atoms with Gasteiger partial charge in [0.1, 0.15) is 0 Å². The van der Waals surface area contributed by atoms with Crippen LogP contribution in [0.1, 0.15) is 6.92 Å². The van der Waals surface area contributed by atoms with E-state index in [1.54, 1.807) is 6.08 Å². The van der Waals surface area contributed by atoms with Gasteiger partial charge in [-0.25, -0.2) is 0 Å². The number of halogens is 12. The summed E-state index contributed by atoms with van der Waals surface area (Å²) in [6, 6.07) is 0. The van der Waals surface area contributed by atoms with Gasteiger partial charge in [0.15, 0.2) is 0 Å². The fraction of sp³-hybridized carbons (Fsp3) is 0.600. The van der Waals surface area contributed by atoms with Crippen LogP contribution in [-0.2, 0) is 4.74 Å². The minimum atomic E-state index is -6.00. The molecule has 132 valence electrons. The van der Waals surface area contributed by atoms with Gasteiger partial charge in [0.25, 0.3) is 0 Å². The summed E-state index contributed by atoms with van der Waals surface area (Å²) in [5.41, 5.74) is 0. The van der Waals surface area contributed by atoms with Gasteiger partial charge in [-0.1, -0.05) is 6.08 Å². The van der Waals surface area contributed by atoms with Crippen molar-refractivity contribution in [3.05, 3.63) is 12.7 Å². The van der Waals surface area contributed by atoms with Crippen LogP contribution < -0.4 is 0 Å². The Bertz CT molecular complexity index is 176. The van der Waals surface area contributed by atoms with Crippen LogP contribution in [0.3, 0.4) is 0 Å². The molecule has 0 unspecified atom stereocenters. The van der Waals surface area contributed by atoms with Crippen molar-refractivity contribution < 1.29 is 56.5 Å². The van der Waals surface area contributed by atoms with Gasteiger partial charge in [-0.2, -0.15) is 0 Å². The van der Waals surface area contributed by atoms with Crippen LogP contribution in [0.2, 0.25) is 0 Å². The number of hydrogen-bond donors (Lipinski definition) is 0. The lowest BCUT2D eigenvalue weighted by molar-refractivity contribution is 0.178. The molecule has 0 saturated heterocycles. The molecule has 0 aliphatic heterocycles. The molecule has 0 heterocycles. The summed E-state index contributed by atoms with van der Waals surface area (Å²) in [5.74, 6) is 0. The third-order valence-electron chi connectivity index (χ3n) is 0.440. The Hall–Kier alpha value is -0.945. The van der Waals surface area contributed by atoms with Crippen molar-refractivity contribution in [1.82, 2.24) is 0 Å². The molecule has 0 aliphatic rings. The molecule has 0 aliphatic carbocycles. The molecule has 1 nitrogen and oxygen atoms in total. The monoisotopic (exact) mass is 347 g/mol. The van der Waals surface area contributed by atoms with Crippen molar-refractivity contribution in [3.63, 3.8) is 0 Å². The van der Waals surface area contributed by atoms with E-state index in [9.17, 15) is 51.8 Å². The van der Waals surface area contributed by atoms with Crippen LogP contribution in [0.5, 0.6) is 0 Å². The smallest absolute Gasteiger partial charge is 0.418 e. The lowest BCUT2D eigenvalue weighted by atomic mass is 10.3. The van der Waals surface area contributed by atoms with E-state index in [4.69, 9.17) is 4.74 Å². The third-order valence-corrected chi connectivity index (χ3v) is 0.440. The zero-order valence-corrected chi connectivity index (χ0v) is 10.4. The second-order valence-electron chi connectivity index (χ2n) is 2.43. The number of ether oxygens (including phenoxy) is 1. The summed E-state index contributed by atoms with van der Waals surface area (Å²) < 4.78 is 122. The molecule has 0 aromatic heterocycles. The maximum Gasteiger partial charge on any atom is 0.673 e. The maximum atomic E-state index is 9.75. The van der Waals surface area contributed by atoms with Gasteiger partial charge < -0.3 is 56.5 Å². The molecule has 0 atom stereocenters. The lowest BCUT2D eigenvalue weighted by Gasteiger charge is -1.94. The van der Waals surface area contributed by atoms with Crippen molar-refractivity contribution in [1.29, 1.82) is 0 Å². The van der Waals surface area contributed by atoms with Gasteiger partial charge in [-0.05, 0) is 6.92 Å². The molecule has 0 aromatic rings. The predicted octanol–water partition coefficient (Wildman–Crippen LogP) is 5.11. The Morgan fingerprint density at radius 2 is 0.905 bits per heavy atom. The SMILES string of the molecule is C=CCOCC.F[B-](F)(F)F.F[B-](F)(F)F.F[B-](F)(F)F. The number of rotatable bonds is 3. The average molecular weight is 347 g/mol. The predicted molar refractivity (Wildman–Crippen MR) is 57.2 cm³/mol. The first-order chi connectivity index (χ1) is 8.91. The van der Waals surface area contributed by atoms with E-state index in [0.717, 1.165) is 6.61 Å². The van der Waals surface area contributed by atoms with Gasteiger partial charge in [0.2, 0.25) is 0 Å². The van der Waals surface area contributed by atoms with Gasteiger partial charge in [0, 0.05) is 6.61 Å². The first-order valence-electron chi connectivity index (χ1n) is 4.72. The Balaban J connectivity index is -0.0000000921. The Morgan fingerprint density at radius 3 is 0.952 bits per heavy atom. The Labute approximate surface area is 112 Å².